The van der Waals surface area contributed by atoms with E-state index in [0.717, 1.165) is 0 Å². The van der Waals surface area contributed by atoms with Crippen LogP contribution in [0.5, 0.6) is 0 Å². The molecule has 1 N–H and O–H groups in total. The number of hydrogen-bond donors (Lipinski definition) is 2. The van der Waals surface area contributed by atoms with Crippen molar-refractivity contribution in [3.63, 3.8) is 0 Å². The first-order chi connectivity index (χ1) is 7.14. The molecule has 1 fully saturated rings. The Bertz CT molecular complexity index is 312. The van der Waals surface area contributed by atoms with Gasteiger partial charge in [0, 0.05) is 5.54 Å². The van der Waals surface area contributed by atoms with Gasteiger partial charge in [0.2, 0.25) is 6.29 Å². The van der Waals surface area contributed by atoms with Gasteiger partial charge in [-0.15, -0.1) is 12.6 Å². The largest absolute Gasteiger partial charge is 0.430 e. The summed E-state index contributed by atoms with van der Waals surface area (Å²) in [5, 5.41) is 3.37. The molecule has 1 aliphatic rings. The van der Waals surface area contributed by atoms with Gasteiger partial charge in [-0.1, -0.05) is 6.58 Å². The zero-order chi connectivity index (χ0) is 12.6. The van der Waals surface area contributed by atoms with Crippen molar-refractivity contribution in [1.82, 2.24) is 5.32 Å². The molecule has 1 unspecified atom stereocenters. The lowest BCUT2D eigenvalue weighted by molar-refractivity contribution is -0.216. The summed E-state index contributed by atoms with van der Waals surface area (Å²) < 4.78 is 10.7. The summed E-state index contributed by atoms with van der Waals surface area (Å²) in [6, 6.07) is 0. The SMILES string of the molecule is C=C(S)C(=O)OC1OCC(C)(C)NC1(C)C. The van der Waals surface area contributed by atoms with Crippen molar-refractivity contribution in [2.45, 2.75) is 45.1 Å². The highest BCUT2D eigenvalue weighted by Gasteiger charge is 2.43. The number of nitrogens with one attached hydrogen (secondary N) is 1. The van der Waals surface area contributed by atoms with E-state index in [9.17, 15) is 4.79 Å². The van der Waals surface area contributed by atoms with E-state index in [0.29, 0.717) is 6.61 Å². The monoisotopic (exact) mass is 245 g/mol. The molecular formula is C11H19NO3S. The Labute approximate surface area is 102 Å². The van der Waals surface area contributed by atoms with Crippen molar-refractivity contribution >= 4 is 18.6 Å². The highest BCUT2D eigenvalue weighted by Crippen LogP contribution is 2.25. The third-order valence-electron chi connectivity index (χ3n) is 2.30. The van der Waals surface area contributed by atoms with Crippen molar-refractivity contribution in [1.29, 1.82) is 0 Å². The maximum atomic E-state index is 11.4. The van der Waals surface area contributed by atoms with Gasteiger partial charge in [-0.2, -0.15) is 0 Å². The number of thiol groups is 1. The van der Waals surface area contributed by atoms with Crippen LogP contribution in [0.25, 0.3) is 0 Å². The molecule has 0 aromatic rings. The molecule has 92 valence electrons. The predicted molar refractivity (Wildman–Crippen MR) is 65.3 cm³/mol. The minimum absolute atomic E-state index is 0.0734. The summed E-state index contributed by atoms with van der Waals surface area (Å²) in [7, 11) is 0. The van der Waals surface area contributed by atoms with E-state index in [-0.39, 0.29) is 10.4 Å². The number of ether oxygens (including phenoxy) is 2. The molecule has 0 radical (unpaired) electrons. The number of rotatable bonds is 2. The van der Waals surface area contributed by atoms with E-state index in [2.05, 4.69) is 24.5 Å². The molecule has 16 heavy (non-hydrogen) atoms. The fourth-order valence-electron chi connectivity index (χ4n) is 1.81. The summed E-state index contributed by atoms with van der Waals surface area (Å²) in [5.41, 5.74) is -0.578. The lowest BCUT2D eigenvalue weighted by atomic mass is 9.94. The van der Waals surface area contributed by atoms with Gasteiger partial charge in [-0.3, -0.25) is 5.32 Å². The van der Waals surface area contributed by atoms with Crippen LogP contribution in [-0.4, -0.2) is 29.9 Å². The molecule has 0 saturated carbocycles. The molecule has 0 amide bonds. The van der Waals surface area contributed by atoms with Crippen LogP contribution in [0.1, 0.15) is 27.7 Å². The normalized spacial score (nSPS) is 27.2. The lowest BCUT2D eigenvalue weighted by Crippen LogP contribution is -2.66. The van der Waals surface area contributed by atoms with Crippen LogP contribution in [0.3, 0.4) is 0 Å². The number of carbonyl (C=O) groups excluding carboxylic acids is 1. The summed E-state index contributed by atoms with van der Waals surface area (Å²) >= 11 is 3.84. The number of carbonyl (C=O) groups is 1. The van der Waals surface area contributed by atoms with E-state index in [1.54, 1.807) is 0 Å². The lowest BCUT2D eigenvalue weighted by Gasteiger charge is -2.46. The van der Waals surface area contributed by atoms with Gasteiger partial charge in [0.05, 0.1) is 17.1 Å². The van der Waals surface area contributed by atoms with Crippen LogP contribution in [0, 0.1) is 0 Å². The molecule has 0 bridgehead atoms. The van der Waals surface area contributed by atoms with E-state index in [4.69, 9.17) is 9.47 Å². The minimum atomic E-state index is -0.628. The van der Waals surface area contributed by atoms with Gasteiger partial charge in [0.25, 0.3) is 0 Å². The second-order valence-corrected chi connectivity index (χ2v) is 5.77. The predicted octanol–water partition coefficient (Wildman–Crippen LogP) is 1.48. The van der Waals surface area contributed by atoms with Crippen molar-refractivity contribution < 1.29 is 14.3 Å². The van der Waals surface area contributed by atoms with E-state index < -0.39 is 17.8 Å². The third-order valence-corrected chi connectivity index (χ3v) is 2.48. The number of hydrogen-bond acceptors (Lipinski definition) is 5. The van der Waals surface area contributed by atoms with Gasteiger partial charge >= 0.3 is 5.97 Å². The molecule has 0 aromatic carbocycles. The molecule has 1 rings (SSSR count). The molecule has 1 heterocycles. The van der Waals surface area contributed by atoms with Crippen LogP contribution < -0.4 is 5.32 Å². The molecule has 1 aliphatic heterocycles. The Morgan fingerprint density at radius 3 is 2.50 bits per heavy atom. The molecule has 5 heteroatoms. The first-order valence-electron chi connectivity index (χ1n) is 5.14. The third kappa shape index (κ3) is 3.23. The van der Waals surface area contributed by atoms with Crippen molar-refractivity contribution in [2.24, 2.45) is 0 Å². The Hall–Kier alpha value is -0.520. The van der Waals surface area contributed by atoms with Crippen molar-refractivity contribution in [3.05, 3.63) is 11.5 Å². The zero-order valence-electron chi connectivity index (χ0n) is 10.2. The van der Waals surface area contributed by atoms with Gasteiger partial charge in [0.1, 0.15) is 0 Å². The summed E-state index contributed by atoms with van der Waals surface area (Å²) in [6.07, 6.45) is -0.628. The standard InChI is InChI=1S/C11H19NO3S/c1-7(16)8(13)15-9-11(4,5)12-10(2,3)6-14-9/h9,12,16H,1,6H2,2-5H3. The summed E-state index contributed by atoms with van der Waals surface area (Å²) in [6.45, 7) is 11.8. The van der Waals surface area contributed by atoms with Crippen LogP contribution in [0.15, 0.2) is 11.5 Å². The van der Waals surface area contributed by atoms with Gasteiger partial charge in [0.15, 0.2) is 0 Å². The molecule has 0 spiro atoms. The molecule has 1 atom stereocenters. The topological polar surface area (TPSA) is 47.6 Å². The van der Waals surface area contributed by atoms with Crippen LogP contribution in [-0.2, 0) is 14.3 Å². The number of esters is 1. The first-order valence-corrected chi connectivity index (χ1v) is 5.58. The smallest absolute Gasteiger partial charge is 0.346 e. The Morgan fingerprint density at radius 2 is 2.06 bits per heavy atom. The van der Waals surface area contributed by atoms with Crippen LogP contribution in [0.2, 0.25) is 0 Å². The van der Waals surface area contributed by atoms with Gasteiger partial charge < -0.3 is 9.47 Å². The average molecular weight is 245 g/mol. The molecular weight excluding hydrogens is 226 g/mol. The molecule has 1 saturated heterocycles. The Morgan fingerprint density at radius 1 is 1.50 bits per heavy atom. The Balaban J connectivity index is 2.69. The molecule has 0 aliphatic carbocycles. The van der Waals surface area contributed by atoms with E-state index >= 15 is 0 Å². The summed E-state index contributed by atoms with van der Waals surface area (Å²) in [5.74, 6) is -0.553. The quantitative estimate of drug-likeness (QED) is 0.439. The zero-order valence-corrected chi connectivity index (χ0v) is 11.1. The van der Waals surface area contributed by atoms with Crippen molar-refractivity contribution in [2.75, 3.05) is 6.61 Å². The highest BCUT2D eigenvalue weighted by molar-refractivity contribution is 7.85. The molecule has 0 aromatic heterocycles. The fourth-order valence-corrected chi connectivity index (χ4v) is 1.86. The van der Waals surface area contributed by atoms with Crippen molar-refractivity contribution in [3.8, 4) is 0 Å². The maximum Gasteiger partial charge on any atom is 0.346 e. The van der Waals surface area contributed by atoms with Gasteiger partial charge in [-0.25, -0.2) is 4.79 Å². The highest BCUT2D eigenvalue weighted by atomic mass is 32.1. The molecule has 4 nitrogen and oxygen atoms in total. The summed E-state index contributed by atoms with van der Waals surface area (Å²) in [4.78, 5) is 11.4. The van der Waals surface area contributed by atoms with E-state index in [1.165, 1.54) is 0 Å². The second-order valence-electron chi connectivity index (χ2n) is 5.23. The minimum Gasteiger partial charge on any atom is -0.430 e. The maximum absolute atomic E-state index is 11.4. The first kappa shape index (κ1) is 13.5. The fraction of sp³-hybridized carbons (Fsp3) is 0.727. The van der Waals surface area contributed by atoms with E-state index in [1.807, 2.05) is 27.7 Å². The second kappa shape index (κ2) is 4.39. The number of morpholine rings is 1. The van der Waals surface area contributed by atoms with Gasteiger partial charge in [-0.05, 0) is 27.7 Å². The Kier molecular flexibility index (Phi) is 3.72. The van der Waals surface area contributed by atoms with Crippen LogP contribution in [0.4, 0.5) is 0 Å². The average Bonchev–Trinajstić information content (AvgIpc) is 2.07. The van der Waals surface area contributed by atoms with Crippen LogP contribution >= 0.6 is 12.6 Å².